The second-order valence-electron chi connectivity index (χ2n) is 4.35. The Morgan fingerprint density at radius 2 is 1.93 bits per heavy atom. The lowest BCUT2D eigenvalue weighted by Crippen LogP contribution is -2.00. The zero-order chi connectivity index (χ0) is 10.1. The molecule has 0 saturated heterocycles. The van der Waals surface area contributed by atoms with Crippen molar-refractivity contribution in [2.75, 3.05) is 0 Å². The average molecular weight is 187 g/mol. The summed E-state index contributed by atoms with van der Waals surface area (Å²) in [6.07, 6.45) is 1.16. The molecule has 0 N–H and O–H groups in total. The number of rotatable bonds is 2. The third-order valence-electron chi connectivity index (χ3n) is 2.67. The third-order valence-corrected chi connectivity index (χ3v) is 2.67. The first kappa shape index (κ1) is 9.32. The molecule has 1 heteroatoms. The molecular weight excluding hydrogens is 170 g/mol. The minimum Gasteiger partial charge on any atom is -0.348 e. The van der Waals surface area contributed by atoms with Gasteiger partial charge in [-0.15, -0.1) is 0 Å². The van der Waals surface area contributed by atoms with Crippen LogP contribution < -0.4 is 0 Å². The van der Waals surface area contributed by atoms with Gasteiger partial charge in [-0.05, 0) is 29.9 Å². The molecule has 0 aliphatic heterocycles. The van der Waals surface area contributed by atoms with Gasteiger partial charge in [0.25, 0.3) is 0 Å². The van der Waals surface area contributed by atoms with Crippen LogP contribution in [0.5, 0.6) is 0 Å². The van der Waals surface area contributed by atoms with Gasteiger partial charge in [0.1, 0.15) is 0 Å². The van der Waals surface area contributed by atoms with Gasteiger partial charge in [-0.2, -0.15) is 0 Å². The molecular formula is C13H17N. The van der Waals surface area contributed by atoms with E-state index in [1.165, 1.54) is 16.6 Å². The summed E-state index contributed by atoms with van der Waals surface area (Å²) in [6, 6.07) is 10.9. The van der Waals surface area contributed by atoms with Crippen LogP contribution in [0, 0.1) is 5.92 Å². The van der Waals surface area contributed by atoms with E-state index in [9.17, 15) is 0 Å². The van der Waals surface area contributed by atoms with Gasteiger partial charge in [0.05, 0.1) is 0 Å². The summed E-state index contributed by atoms with van der Waals surface area (Å²) >= 11 is 0. The van der Waals surface area contributed by atoms with Crippen molar-refractivity contribution in [3.63, 3.8) is 0 Å². The molecule has 2 aromatic rings. The molecule has 0 spiro atoms. The quantitative estimate of drug-likeness (QED) is 0.679. The van der Waals surface area contributed by atoms with Crippen LogP contribution in [-0.4, -0.2) is 4.57 Å². The van der Waals surface area contributed by atoms with E-state index in [4.69, 9.17) is 0 Å². The molecule has 0 aliphatic carbocycles. The second kappa shape index (κ2) is 3.49. The van der Waals surface area contributed by atoms with Crippen molar-refractivity contribution in [3.05, 3.63) is 36.0 Å². The van der Waals surface area contributed by atoms with Crippen molar-refractivity contribution in [2.24, 2.45) is 13.0 Å². The van der Waals surface area contributed by atoms with Crippen LogP contribution in [0.4, 0.5) is 0 Å². The van der Waals surface area contributed by atoms with E-state index in [1.54, 1.807) is 0 Å². The van der Waals surface area contributed by atoms with Crippen LogP contribution in [0.3, 0.4) is 0 Å². The van der Waals surface area contributed by atoms with E-state index in [0.29, 0.717) is 0 Å². The van der Waals surface area contributed by atoms with Gasteiger partial charge in [-0.1, -0.05) is 32.0 Å². The molecule has 0 aliphatic rings. The topological polar surface area (TPSA) is 4.93 Å². The maximum absolute atomic E-state index is 2.30. The first-order chi connectivity index (χ1) is 6.68. The summed E-state index contributed by atoms with van der Waals surface area (Å²) < 4.78 is 2.30. The van der Waals surface area contributed by atoms with E-state index >= 15 is 0 Å². The van der Waals surface area contributed by atoms with Crippen LogP contribution in [-0.2, 0) is 13.5 Å². The number of aryl methyl sites for hydroxylation is 1. The highest BCUT2D eigenvalue weighted by Gasteiger charge is 2.05. The van der Waals surface area contributed by atoms with Crippen molar-refractivity contribution in [2.45, 2.75) is 20.3 Å². The van der Waals surface area contributed by atoms with Gasteiger partial charge >= 0.3 is 0 Å². The molecule has 0 atom stereocenters. The Bertz CT molecular complexity index is 437. The fraction of sp³-hybridized carbons (Fsp3) is 0.385. The van der Waals surface area contributed by atoms with Crippen molar-refractivity contribution in [1.82, 2.24) is 4.57 Å². The Balaban J connectivity index is 2.51. The fourth-order valence-electron chi connectivity index (χ4n) is 1.96. The lowest BCUT2D eigenvalue weighted by Gasteiger charge is -2.06. The number of fused-ring (bicyclic) bond motifs is 1. The van der Waals surface area contributed by atoms with E-state index in [1.807, 2.05) is 0 Å². The fourth-order valence-corrected chi connectivity index (χ4v) is 1.96. The highest BCUT2D eigenvalue weighted by molar-refractivity contribution is 5.81. The summed E-state index contributed by atoms with van der Waals surface area (Å²) in [6.45, 7) is 4.52. The number of para-hydroxylation sites is 1. The monoisotopic (exact) mass is 187 g/mol. The summed E-state index contributed by atoms with van der Waals surface area (Å²) in [5.74, 6) is 0.720. The average Bonchev–Trinajstić information content (AvgIpc) is 2.44. The maximum Gasteiger partial charge on any atom is 0.0479 e. The molecule has 1 nitrogen and oxygen atoms in total. The molecule has 0 bridgehead atoms. The van der Waals surface area contributed by atoms with E-state index in [-0.39, 0.29) is 0 Å². The van der Waals surface area contributed by atoms with Crippen LogP contribution in [0.25, 0.3) is 10.9 Å². The highest BCUT2D eigenvalue weighted by atomic mass is 14.9. The summed E-state index contributed by atoms with van der Waals surface area (Å²) in [5, 5.41) is 1.35. The van der Waals surface area contributed by atoms with Crippen LogP contribution in [0.2, 0.25) is 0 Å². The molecule has 0 saturated carbocycles. The largest absolute Gasteiger partial charge is 0.348 e. The molecule has 0 radical (unpaired) electrons. The van der Waals surface area contributed by atoms with Crippen molar-refractivity contribution >= 4 is 10.9 Å². The Labute approximate surface area is 85.4 Å². The van der Waals surface area contributed by atoms with E-state index in [2.05, 4.69) is 55.8 Å². The third kappa shape index (κ3) is 1.54. The predicted octanol–water partition coefficient (Wildman–Crippen LogP) is 3.38. The Morgan fingerprint density at radius 1 is 1.21 bits per heavy atom. The molecule has 1 heterocycles. The Kier molecular flexibility index (Phi) is 2.32. The zero-order valence-corrected chi connectivity index (χ0v) is 9.12. The number of hydrogen-bond donors (Lipinski definition) is 0. The van der Waals surface area contributed by atoms with Gasteiger partial charge in [0.2, 0.25) is 0 Å². The zero-order valence-electron chi connectivity index (χ0n) is 9.12. The normalized spacial score (nSPS) is 11.4. The standard InChI is InChI=1S/C13H17N/c1-10(2)8-12-9-11-6-4-5-7-13(11)14(12)3/h4-7,9-10H,8H2,1-3H3. The van der Waals surface area contributed by atoms with E-state index in [0.717, 1.165) is 12.3 Å². The minimum absolute atomic E-state index is 0.720. The number of benzene rings is 1. The Hall–Kier alpha value is -1.24. The van der Waals surface area contributed by atoms with Gasteiger partial charge < -0.3 is 4.57 Å². The lowest BCUT2D eigenvalue weighted by atomic mass is 10.1. The molecule has 0 unspecified atom stereocenters. The predicted molar refractivity (Wildman–Crippen MR) is 61.5 cm³/mol. The van der Waals surface area contributed by atoms with Gasteiger partial charge in [0.15, 0.2) is 0 Å². The second-order valence-corrected chi connectivity index (χ2v) is 4.35. The van der Waals surface area contributed by atoms with Crippen molar-refractivity contribution in [3.8, 4) is 0 Å². The first-order valence-electron chi connectivity index (χ1n) is 5.22. The van der Waals surface area contributed by atoms with Crippen LogP contribution in [0.1, 0.15) is 19.5 Å². The van der Waals surface area contributed by atoms with Gasteiger partial charge in [-0.3, -0.25) is 0 Å². The SMILES string of the molecule is CC(C)Cc1cc2ccccc2n1C. The highest BCUT2D eigenvalue weighted by Crippen LogP contribution is 2.20. The molecule has 0 amide bonds. The van der Waals surface area contributed by atoms with Crippen LogP contribution in [0.15, 0.2) is 30.3 Å². The summed E-state index contributed by atoms with van der Waals surface area (Å²) in [4.78, 5) is 0. The van der Waals surface area contributed by atoms with Gasteiger partial charge in [-0.25, -0.2) is 0 Å². The Morgan fingerprint density at radius 3 is 2.57 bits per heavy atom. The lowest BCUT2D eigenvalue weighted by molar-refractivity contribution is 0.620. The molecule has 74 valence electrons. The molecule has 0 fully saturated rings. The van der Waals surface area contributed by atoms with Crippen molar-refractivity contribution < 1.29 is 0 Å². The number of hydrogen-bond acceptors (Lipinski definition) is 0. The number of nitrogens with zero attached hydrogens (tertiary/aromatic N) is 1. The first-order valence-corrected chi connectivity index (χ1v) is 5.22. The summed E-state index contributed by atoms with van der Waals surface area (Å²) in [5.41, 5.74) is 2.77. The van der Waals surface area contributed by atoms with Crippen LogP contribution >= 0.6 is 0 Å². The van der Waals surface area contributed by atoms with E-state index < -0.39 is 0 Å². The number of aromatic nitrogens is 1. The molecule has 14 heavy (non-hydrogen) atoms. The van der Waals surface area contributed by atoms with Crippen molar-refractivity contribution in [1.29, 1.82) is 0 Å². The molecule has 1 aromatic heterocycles. The smallest absolute Gasteiger partial charge is 0.0479 e. The molecule has 2 rings (SSSR count). The molecule has 1 aromatic carbocycles. The maximum atomic E-state index is 2.30. The minimum atomic E-state index is 0.720. The summed E-state index contributed by atoms with van der Waals surface area (Å²) in [7, 11) is 2.15. The van der Waals surface area contributed by atoms with Gasteiger partial charge in [0, 0.05) is 18.3 Å².